The first kappa shape index (κ1) is 18.3. The van der Waals surface area contributed by atoms with Gasteiger partial charge in [0.25, 0.3) is 0 Å². The first-order chi connectivity index (χ1) is 10.7. The van der Waals surface area contributed by atoms with E-state index in [1.165, 1.54) is 5.57 Å². The number of piperidine rings is 1. The Morgan fingerprint density at radius 1 is 1.22 bits per heavy atom. The lowest BCUT2D eigenvalue weighted by Gasteiger charge is -2.32. The van der Waals surface area contributed by atoms with Crippen LogP contribution in [0.1, 0.15) is 60.3 Å². The molecule has 23 heavy (non-hydrogen) atoms. The van der Waals surface area contributed by atoms with Crippen LogP contribution in [0.5, 0.6) is 0 Å². The fourth-order valence-corrected chi connectivity index (χ4v) is 2.69. The first-order valence-electron chi connectivity index (χ1n) is 8.72. The number of unbranched alkanes of at least 4 members (excludes halogenated alkanes) is 1. The lowest BCUT2D eigenvalue weighted by molar-refractivity contribution is 0.00578. The van der Waals surface area contributed by atoms with Crippen molar-refractivity contribution in [2.45, 2.75) is 71.5 Å². The van der Waals surface area contributed by atoms with E-state index in [2.05, 4.69) is 40.6 Å². The summed E-state index contributed by atoms with van der Waals surface area (Å²) in [5.41, 5.74) is 0.679. The number of amides is 1. The van der Waals surface area contributed by atoms with Crippen molar-refractivity contribution in [2.24, 2.45) is 0 Å². The number of likely N-dealkylation sites (tertiary alicyclic amines) is 1. The third kappa shape index (κ3) is 4.51. The molecule has 1 amide bonds. The summed E-state index contributed by atoms with van der Waals surface area (Å²) in [6.07, 6.45) is 3.48. The molecule has 130 valence electrons. The van der Waals surface area contributed by atoms with Crippen molar-refractivity contribution in [1.82, 2.24) is 4.90 Å². The summed E-state index contributed by atoms with van der Waals surface area (Å²) in [7, 11) is -0.293. The van der Waals surface area contributed by atoms with Crippen molar-refractivity contribution < 1.29 is 18.8 Å². The van der Waals surface area contributed by atoms with Gasteiger partial charge in [-0.3, -0.25) is 0 Å². The van der Waals surface area contributed by atoms with Crippen LogP contribution in [-0.4, -0.2) is 49.0 Å². The van der Waals surface area contributed by atoms with E-state index in [4.69, 9.17) is 14.0 Å². The minimum absolute atomic E-state index is 0.187. The maximum Gasteiger partial charge on any atom is 0.487 e. The molecule has 2 aliphatic rings. The lowest BCUT2D eigenvalue weighted by Crippen LogP contribution is -2.41. The minimum Gasteiger partial charge on any atom is -0.449 e. The first-order valence-corrected chi connectivity index (χ1v) is 8.72. The van der Waals surface area contributed by atoms with Crippen molar-refractivity contribution >= 4 is 13.2 Å². The summed E-state index contributed by atoms with van der Waals surface area (Å²) in [5, 5.41) is 0. The molecule has 2 rings (SSSR count). The molecule has 2 heterocycles. The molecule has 6 heteroatoms. The highest BCUT2D eigenvalue weighted by Crippen LogP contribution is 2.37. The Morgan fingerprint density at radius 2 is 1.78 bits per heavy atom. The monoisotopic (exact) mass is 323 g/mol. The Bertz CT molecular complexity index is 436. The maximum absolute atomic E-state index is 11.9. The Hall–Kier alpha value is -1.01. The Labute approximate surface area is 140 Å². The van der Waals surface area contributed by atoms with Crippen LogP contribution in [0.25, 0.3) is 0 Å². The largest absolute Gasteiger partial charge is 0.487 e. The number of nitrogens with zero attached hydrogens (tertiary/aromatic N) is 1. The minimum atomic E-state index is -0.307. The van der Waals surface area contributed by atoms with Gasteiger partial charge < -0.3 is 18.9 Å². The van der Waals surface area contributed by atoms with Gasteiger partial charge in [-0.15, -0.1) is 0 Å². The van der Waals surface area contributed by atoms with Crippen LogP contribution >= 0.6 is 0 Å². The van der Waals surface area contributed by atoms with Crippen molar-refractivity contribution in [3.05, 3.63) is 11.5 Å². The van der Waals surface area contributed by atoms with Crippen molar-refractivity contribution in [3.8, 4) is 0 Å². The molecule has 0 atom stereocenters. The van der Waals surface area contributed by atoms with E-state index in [9.17, 15) is 4.79 Å². The molecular weight excluding hydrogens is 293 g/mol. The average Bonchev–Trinajstić information content (AvgIpc) is 2.67. The maximum atomic E-state index is 11.9. The lowest BCUT2D eigenvalue weighted by atomic mass is 9.84. The summed E-state index contributed by atoms with van der Waals surface area (Å²) >= 11 is 0. The van der Waals surface area contributed by atoms with Gasteiger partial charge >= 0.3 is 13.2 Å². The molecule has 2 saturated heterocycles. The van der Waals surface area contributed by atoms with Gasteiger partial charge in [0, 0.05) is 13.1 Å². The number of rotatable bonds is 4. The molecule has 0 radical (unpaired) electrons. The quantitative estimate of drug-likeness (QED) is 0.586. The Morgan fingerprint density at radius 3 is 2.30 bits per heavy atom. The van der Waals surface area contributed by atoms with Crippen molar-refractivity contribution in [3.63, 3.8) is 0 Å². The third-order valence-electron chi connectivity index (χ3n) is 5.03. The summed E-state index contributed by atoms with van der Waals surface area (Å²) in [4.78, 5) is 13.7. The van der Waals surface area contributed by atoms with E-state index in [0.29, 0.717) is 19.7 Å². The zero-order chi connectivity index (χ0) is 17.1. The van der Waals surface area contributed by atoms with Gasteiger partial charge in [-0.05, 0) is 47.0 Å². The SMILES string of the molecule is CCCCOC(=O)N1CCC(=CB2OC(C)(C)C(C)(C)O2)CC1. The predicted octanol–water partition coefficient (Wildman–Crippen LogP) is 3.58. The van der Waals surface area contributed by atoms with E-state index in [1.54, 1.807) is 4.90 Å². The average molecular weight is 323 g/mol. The molecule has 0 saturated carbocycles. The van der Waals surface area contributed by atoms with Gasteiger partial charge in [0.2, 0.25) is 0 Å². The molecule has 0 aliphatic carbocycles. The highest BCUT2D eigenvalue weighted by Gasteiger charge is 2.50. The standard InChI is InChI=1S/C17H30BNO4/c1-6-7-12-21-15(20)19-10-8-14(9-11-19)13-18-22-16(2,3)17(4,5)23-18/h13H,6-12H2,1-5H3. The summed E-state index contributed by atoms with van der Waals surface area (Å²) in [6, 6.07) is 0. The Balaban J connectivity index is 1.82. The Kier molecular flexibility index (Phi) is 5.79. The van der Waals surface area contributed by atoms with Crippen LogP contribution in [0.4, 0.5) is 4.79 Å². The fourth-order valence-electron chi connectivity index (χ4n) is 2.69. The number of carbonyl (C=O) groups is 1. The predicted molar refractivity (Wildman–Crippen MR) is 91.2 cm³/mol. The number of hydrogen-bond acceptors (Lipinski definition) is 4. The molecule has 0 aromatic heterocycles. The van der Waals surface area contributed by atoms with Crippen LogP contribution < -0.4 is 0 Å². The van der Waals surface area contributed by atoms with Crippen molar-refractivity contribution in [2.75, 3.05) is 19.7 Å². The second kappa shape index (κ2) is 7.26. The van der Waals surface area contributed by atoms with E-state index < -0.39 is 0 Å². The van der Waals surface area contributed by atoms with Gasteiger partial charge in [-0.25, -0.2) is 4.79 Å². The van der Waals surface area contributed by atoms with Gasteiger partial charge in [-0.1, -0.05) is 24.9 Å². The normalized spacial score (nSPS) is 23.1. The highest BCUT2D eigenvalue weighted by atomic mass is 16.7. The van der Waals surface area contributed by atoms with Crippen molar-refractivity contribution in [1.29, 1.82) is 0 Å². The van der Waals surface area contributed by atoms with Crippen LogP contribution in [0.3, 0.4) is 0 Å². The summed E-state index contributed by atoms with van der Waals surface area (Å²) in [5.74, 6) is 2.08. The number of hydrogen-bond donors (Lipinski definition) is 0. The molecule has 0 N–H and O–H groups in total. The molecule has 2 aliphatic heterocycles. The van der Waals surface area contributed by atoms with Crippen LogP contribution in [0.15, 0.2) is 11.5 Å². The molecule has 0 unspecified atom stereocenters. The zero-order valence-electron chi connectivity index (χ0n) is 15.2. The topological polar surface area (TPSA) is 48.0 Å². The second-order valence-electron chi connectivity index (χ2n) is 7.40. The van der Waals surface area contributed by atoms with E-state index >= 15 is 0 Å². The van der Waals surface area contributed by atoms with Gasteiger partial charge in [0.05, 0.1) is 17.8 Å². The van der Waals surface area contributed by atoms with E-state index in [-0.39, 0.29) is 24.4 Å². The molecule has 0 bridgehead atoms. The molecule has 0 aromatic carbocycles. The summed E-state index contributed by atoms with van der Waals surface area (Å²) < 4.78 is 17.3. The van der Waals surface area contributed by atoms with Gasteiger partial charge in [-0.2, -0.15) is 0 Å². The molecular formula is C17H30BNO4. The van der Waals surface area contributed by atoms with E-state index in [0.717, 1.165) is 25.7 Å². The molecule has 0 spiro atoms. The number of ether oxygens (including phenoxy) is 1. The van der Waals surface area contributed by atoms with Crippen LogP contribution in [-0.2, 0) is 14.0 Å². The van der Waals surface area contributed by atoms with E-state index in [1.807, 2.05) is 0 Å². The van der Waals surface area contributed by atoms with Crippen LogP contribution in [0.2, 0.25) is 0 Å². The smallest absolute Gasteiger partial charge is 0.449 e. The van der Waals surface area contributed by atoms with Gasteiger partial charge in [0.1, 0.15) is 0 Å². The highest BCUT2D eigenvalue weighted by molar-refractivity contribution is 6.51. The summed E-state index contributed by atoms with van der Waals surface area (Å²) in [6.45, 7) is 12.2. The molecule has 5 nitrogen and oxygen atoms in total. The molecule has 0 aromatic rings. The fraction of sp³-hybridized carbons (Fsp3) is 0.824. The number of carbonyl (C=O) groups excluding carboxylic acids is 1. The second-order valence-corrected chi connectivity index (χ2v) is 7.40. The third-order valence-corrected chi connectivity index (χ3v) is 5.03. The zero-order valence-corrected chi connectivity index (χ0v) is 15.2. The van der Waals surface area contributed by atoms with Crippen LogP contribution in [0, 0.1) is 0 Å². The van der Waals surface area contributed by atoms with Gasteiger partial charge in [0.15, 0.2) is 0 Å². The molecule has 2 fully saturated rings.